The van der Waals surface area contributed by atoms with E-state index >= 15 is 0 Å². The first-order valence-electron chi connectivity index (χ1n) is 16.0. The molecule has 1 aromatic heterocycles. The SMILES string of the molecule is COCOc1cc(OC(C)C)c(OC)cc1-c1c(C(=O)OC)[nH]c(-c2ccc(OC(C)C)c(OC)c2)c1-c1ccc(OC)c(OC(C)C)c1. The maximum atomic E-state index is 13.7. The minimum Gasteiger partial charge on any atom is -0.493 e. The van der Waals surface area contributed by atoms with Crippen molar-refractivity contribution < 1.29 is 47.4 Å². The van der Waals surface area contributed by atoms with Crippen LogP contribution in [0.4, 0.5) is 0 Å². The van der Waals surface area contributed by atoms with Gasteiger partial charge in [0.25, 0.3) is 0 Å². The summed E-state index contributed by atoms with van der Waals surface area (Å²) in [5.41, 5.74) is 3.88. The van der Waals surface area contributed by atoms with E-state index in [1.807, 2.05) is 77.9 Å². The molecule has 0 aliphatic carbocycles. The number of hydrogen-bond acceptors (Lipinski definition) is 10. The summed E-state index contributed by atoms with van der Waals surface area (Å²) in [5.74, 6) is 2.89. The molecule has 11 nitrogen and oxygen atoms in total. The fourth-order valence-electron chi connectivity index (χ4n) is 5.37. The topological polar surface area (TPSA) is 116 Å². The number of aromatic nitrogens is 1. The summed E-state index contributed by atoms with van der Waals surface area (Å²) in [5, 5.41) is 0. The minimum absolute atomic E-state index is 0.0654. The second-order valence-electron chi connectivity index (χ2n) is 11.9. The number of methoxy groups -OCH3 is 5. The van der Waals surface area contributed by atoms with Crippen LogP contribution in [-0.2, 0) is 9.47 Å². The van der Waals surface area contributed by atoms with Gasteiger partial charge in [-0.1, -0.05) is 6.07 Å². The largest absolute Gasteiger partial charge is 0.493 e. The number of hydrogen-bond donors (Lipinski definition) is 1. The van der Waals surface area contributed by atoms with Gasteiger partial charge in [-0.3, -0.25) is 0 Å². The van der Waals surface area contributed by atoms with E-state index in [4.69, 9.17) is 42.6 Å². The van der Waals surface area contributed by atoms with Gasteiger partial charge in [0.15, 0.2) is 41.3 Å². The second-order valence-corrected chi connectivity index (χ2v) is 11.9. The maximum Gasteiger partial charge on any atom is 0.355 e. The van der Waals surface area contributed by atoms with Crippen LogP contribution in [0.5, 0.6) is 40.2 Å². The molecule has 0 unspecified atom stereocenters. The summed E-state index contributed by atoms with van der Waals surface area (Å²) < 4.78 is 52.2. The molecule has 0 spiro atoms. The molecule has 0 saturated heterocycles. The molecule has 0 aliphatic rings. The second kappa shape index (κ2) is 16.4. The standard InChI is InChI=1S/C38H47NO10/c1-21(2)47-28-15-13-25(17-30(28)43-9)36-34(24-12-14-27(42-8)32(16-24)48-22(3)4)35(37(39-36)38(40)45-11)26-18-31(44-10)33(49-23(5)6)19-29(26)46-20-41-7/h12-19,21-23,39H,20H2,1-11H3. The van der Waals surface area contributed by atoms with E-state index in [1.165, 1.54) is 14.2 Å². The van der Waals surface area contributed by atoms with Crippen molar-refractivity contribution in [2.24, 2.45) is 0 Å². The summed E-state index contributed by atoms with van der Waals surface area (Å²) in [6.07, 6.45) is -0.351. The summed E-state index contributed by atoms with van der Waals surface area (Å²) in [4.78, 5) is 17.1. The predicted molar refractivity (Wildman–Crippen MR) is 188 cm³/mol. The molecule has 11 heteroatoms. The molecular formula is C38H47NO10. The Morgan fingerprint density at radius 1 is 0.592 bits per heavy atom. The van der Waals surface area contributed by atoms with Gasteiger partial charge >= 0.3 is 5.97 Å². The van der Waals surface area contributed by atoms with E-state index in [1.54, 1.807) is 33.5 Å². The van der Waals surface area contributed by atoms with Crippen molar-refractivity contribution in [3.8, 4) is 73.8 Å². The molecular weight excluding hydrogens is 630 g/mol. The number of aromatic amines is 1. The van der Waals surface area contributed by atoms with E-state index in [-0.39, 0.29) is 30.8 Å². The highest BCUT2D eigenvalue weighted by atomic mass is 16.7. The Morgan fingerprint density at radius 3 is 1.69 bits per heavy atom. The lowest BCUT2D eigenvalue weighted by Gasteiger charge is -2.20. The third-order valence-corrected chi connectivity index (χ3v) is 7.25. The summed E-state index contributed by atoms with van der Waals surface area (Å²) in [6, 6.07) is 14.7. The Kier molecular flexibility index (Phi) is 12.3. The van der Waals surface area contributed by atoms with Crippen molar-refractivity contribution in [3.05, 3.63) is 54.2 Å². The molecule has 3 aromatic carbocycles. The molecule has 0 saturated carbocycles. The van der Waals surface area contributed by atoms with E-state index in [9.17, 15) is 4.79 Å². The van der Waals surface area contributed by atoms with Gasteiger partial charge in [0, 0.05) is 35.4 Å². The molecule has 1 N–H and O–H groups in total. The zero-order valence-corrected chi connectivity index (χ0v) is 30.1. The Labute approximate surface area is 288 Å². The van der Waals surface area contributed by atoms with Gasteiger partial charge < -0.3 is 47.6 Å². The van der Waals surface area contributed by atoms with E-state index < -0.39 is 5.97 Å². The molecule has 0 aliphatic heterocycles. The number of carbonyl (C=O) groups excluding carboxylic acids is 1. The van der Waals surface area contributed by atoms with Crippen LogP contribution in [0.25, 0.3) is 33.5 Å². The van der Waals surface area contributed by atoms with Crippen LogP contribution < -0.4 is 33.2 Å². The molecule has 0 amide bonds. The average molecular weight is 678 g/mol. The number of carbonyl (C=O) groups is 1. The Bertz CT molecular complexity index is 1740. The van der Waals surface area contributed by atoms with Gasteiger partial charge in [-0.05, 0) is 83.5 Å². The molecule has 0 radical (unpaired) electrons. The molecule has 0 atom stereocenters. The maximum absolute atomic E-state index is 13.7. The van der Waals surface area contributed by atoms with Crippen molar-refractivity contribution in [1.29, 1.82) is 0 Å². The van der Waals surface area contributed by atoms with Crippen LogP contribution in [0.1, 0.15) is 52.0 Å². The van der Waals surface area contributed by atoms with Crippen molar-refractivity contribution in [3.63, 3.8) is 0 Å². The number of H-pyrrole nitrogens is 1. The summed E-state index contributed by atoms with van der Waals surface area (Å²) in [6.45, 7) is 11.5. The fourth-order valence-corrected chi connectivity index (χ4v) is 5.37. The number of nitrogens with one attached hydrogen (secondary N) is 1. The highest BCUT2D eigenvalue weighted by molar-refractivity contribution is 6.07. The first-order valence-corrected chi connectivity index (χ1v) is 16.0. The van der Waals surface area contributed by atoms with Crippen LogP contribution in [0.15, 0.2) is 48.5 Å². The zero-order chi connectivity index (χ0) is 35.8. The number of ether oxygens (including phenoxy) is 9. The van der Waals surface area contributed by atoms with Crippen LogP contribution in [0, 0.1) is 0 Å². The molecule has 0 fully saturated rings. The lowest BCUT2D eigenvalue weighted by molar-refractivity contribution is 0.0512. The third kappa shape index (κ3) is 8.34. The lowest BCUT2D eigenvalue weighted by Crippen LogP contribution is -2.09. The van der Waals surface area contributed by atoms with Crippen molar-refractivity contribution in [2.75, 3.05) is 42.3 Å². The first kappa shape index (κ1) is 36.8. The van der Waals surface area contributed by atoms with E-state index in [0.29, 0.717) is 73.8 Å². The van der Waals surface area contributed by atoms with Crippen LogP contribution >= 0.6 is 0 Å². The monoisotopic (exact) mass is 677 g/mol. The van der Waals surface area contributed by atoms with Crippen molar-refractivity contribution >= 4 is 5.97 Å². The van der Waals surface area contributed by atoms with Crippen LogP contribution in [-0.4, -0.2) is 71.6 Å². The third-order valence-electron chi connectivity index (χ3n) is 7.25. The average Bonchev–Trinajstić information content (AvgIpc) is 3.46. The normalized spacial score (nSPS) is 11.1. The molecule has 0 bridgehead atoms. The van der Waals surface area contributed by atoms with Crippen molar-refractivity contribution in [2.45, 2.75) is 59.9 Å². The molecule has 1 heterocycles. The van der Waals surface area contributed by atoms with Crippen LogP contribution in [0.3, 0.4) is 0 Å². The predicted octanol–water partition coefficient (Wildman–Crippen LogP) is 8.17. The molecule has 4 rings (SSSR count). The van der Waals surface area contributed by atoms with Gasteiger partial charge in [-0.25, -0.2) is 4.79 Å². The Morgan fingerprint density at radius 2 is 1.12 bits per heavy atom. The number of esters is 1. The highest BCUT2D eigenvalue weighted by Gasteiger charge is 2.30. The summed E-state index contributed by atoms with van der Waals surface area (Å²) >= 11 is 0. The fraction of sp³-hybridized carbons (Fsp3) is 0.395. The van der Waals surface area contributed by atoms with Gasteiger partial charge in [0.2, 0.25) is 0 Å². The van der Waals surface area contributed by atoms with Gasteiger partial charge in [-0.15, -0.1) is 0 Å². The van der Waals surface area contributed by atoms with E-state index in [0.717, 1.165) is 0 Å². The molecule has 264 valence electrons. The smallest absolute Gasteiger partial charge is 0.355 e. The van der Waals surface area contributed by atoms with Crippen LogP contribution in [0.2, 0.25) is 0 Å². The number of rotatable bonds is 16. The lowest BCUT2D eigenvalue weighted by atomic mass is 9.91. The first-order chi connectivity index (χ1) is 23.4. The molecule has 49 heavy (non-hydrogen) atoms. The van der Waals surface area contributed by atoms with Gasteiger partial charge in [-0.2, -0.15) is 0 Å². The Hall–Kier alpha value is -5.03. The molecule has 4 aromatic rings. The summed E-state index contributed by atoms with van der Waals surface area (Å²) in [7, 11) is 7.58. The Balaban J connectivity index is 2.18. The van der Waals surface area contributed by atoms with Gasteiger partial charge in [0.1, 0.15) is 11.4 Å². The highest BCUT2D eigenvalue weighted by Crippen LogP contribution is 2.50. The zero-order valence-electron chi connectivity index (χ0n) is 30.1. The van der Waals surface area contributed by atoms with Crippen molar-refractivity contribution in [1.82, 2.24) is 4.98 Å². The van der Waals surface area contributed by atoms with E-state index in [2.05, 4.69) is 4.98 Å². The number of benzene rings is 3. The van der Waals surface area contributed by atoms with Gasteiger partial charge in [0.05, 0.1) is 52.4 Å². The minimum atomic E-state index is -0.597. The quantitative estimate of drug-likeness (QED) is 0.0920.